The molecule has 21 heavy (non-hydrogen) atoms. The summed E-state index contributed by atoms with van der Waals surface area (Å²) in [5, 5.41) is 3.52. The van der Waals surface area contributed by atoms with Crippen LogP contribution in [-0.4, -0.2) is 39.8 Å². The van der Waals surface area contributed by atoms with E-state index < -0.39 is 0 Å². The Bertz CT molecular complexity index is 417. The number of rotatable bonds is 8. The number of para-hydroxylation sites is 2. The largest absolute Gasteiger partial charge is 0.371 e. The summed E-state index contributed by atoms with van der Waals surface area (Å²) in [6.45, 7) is 10.3. The third-order valence-corrected chi connectivity index (χ3v) is 4.17. The third-order valence-electron chi connectivity index (χ3n) is 4.17. The van der Waals surface area contributed by atoms with E-state index in [4.69, 9.17) is 0 Å². The highest BCUT2D eigenvalue weighted by molar-refractivity contribution is 5.72. The van der Waals surface area contributed by atoms with Crippen molar-refractivity contribution in [1.29, 1.82) is 0 Å². The summed E-state index contributed by atoms with van der Waals surface area (Å²) < 4.78 is 0. The van der Waals surface area contributed by atoms with E-state index in [1.165, 1.54) is 37.2 Å². The highest BCUT2D eigenvalue weighted by Crippen LogP contribution is 2.31. The Morgan fingerprint density at radius 1 is 1.05 bits per heavy atom. The number of anilines is 2. The van der Waals surface area contributed by atoms with Gasteiger partial charge in [0.15, 0.2) is 0 Å². The van der Waals surface area contributed by atoms with Crippen molar-refractivity contribution in [2.45, 2.75) is 33.1 Å². The van der Waals surface area contributed by atoms with Gasteiger partial charge in [-0.25, -0.2) is 0 Å². The average Bonchev–Trinajstić information content (AvgIpc) is 2.48. The molecule has 0 bridgehead atoms. The summed E-state index contributed by atoms with van der Waals surface area (Å²) in [7, 11) is 2.19. The molecule has 1 aromatic rings. The lowest BCUT2D eigenvalue weighted by Crippen LogP contribution is -2.39. The molecule has 0 aliphatic carbocycles. The van der Waals surface area contributed by atoms with Gasteiger partial charge >= 0.3 is 0 Å². The van der Waals surface area contributed by atoms with E-state index in [1.807, 2.05) is 0 Å². The number of hydrogen-bond donors (Lipinski definition) is 1. The van der Waals surface area contributed by atoms with Gasteiger partial charge in [0.25, 0.3) is 0 Å². The predicted octanol–water partition coefficient (Wildman–Crippen LogP) is 3.36. The van der Waals surface area contributed by atoms with Crippen LogP contribution >= 0.6 is 0 Å². The average molecular weight is 289 g/mol. The molecule has 0 fully saturated rings. The van der Waals surface area contributed by atoms with Crippen molar-refractivity contribution < 1.29 is 0 Å². The fraction of sp³-hybridized carbons (Fsp3) is 0.667. The number of likely N-dealkylation sites (N-methyl/N-ethyl adjacent to an activating group) is 1. The van der Waals surface area contributed by atoms with E-state index in [1.54, 1.807) is 0 Å². The molecule has 0 saturated carbocycles. The smallest absolute Gasteiger partial charge is 0.0604 e. The van der Waals surface area contributed by atoms with Crippen LogP contribution in [0.15, 0.2) is 24.3 Å². The molecule has 1 N–H and O–H groups in total. The summed E-state index contributed by atoms with van der Waals surface area (Å²) in [5.74, 6) is 0.756. The normalized spacial score (nSPS) is 14.7. The highest BCUT2D eigenvalue weighted by Gasteiger charge is 2.18. The summed E-state index contributed by atoms with van der Waals surface area (Å²) in [6.07, 6.45) is 3.91. The van der Waals surface area contributed by atoms with E-state index in [2.05, 4.69) is 60.3 Å². The molecular weight excluding hydrogens is 258 g/mol. The second kappa shape index (κ2) is 8.28. The van der Waals surface area contributed by atoms with Crippen LogP contribution in [0.3, 0.4) is 0 Å². The molecule has 118 valence electrons. The van der Waals surface area contributed by atoms with E-state index in [-0.39, 0.29) is 0 Å². The maximum Gasteiger partial charge on any atom is 0.0604 e. The van der Waals surface area contributed by atoms with Crippen LogP contribution in [0.2, 0.25) is 0 Å². The van der Waals surface area contributed by atoms with Gasteiger partial charge in [0.05, 0.1) is 11.4 Å². The molecule has 0 spiro atoms. The van der Waals surface area contributed by atoms with E-state index in [0.717, 1.165) is 32.1 Å². The maximum atomic E-state index is 3.52. The van der Waals surface area contributed by atoms with Crippen LogP contribution in [0.5, 0.6) is 0 Å². The zero-order valence-electron chi connectivity index (χ0n) is 13.9. The molecule has 0 aromatic heterocycles. The Morgan fingerprint density at radius 3 is 2.57 bits per heavy atom. The van der Waals surface area contributed by atoms with Gasteiger partial charge in [0.1, 0.15) is 0 Å². The minimum Gasteiger partial charge on any atom is -0.371 e. The lowest BCUT2D eigenvalue weighted by atomic mass is 10.1. The Morgan fingerprint density at radius 2 is 1.81 bits per heavy atom. The standard InChI is InChI=1S/C18H31N3/c1-16(2)15-19-11-7-4-8-12-21-14-13-20(3)17-9-5-6-10-18(17)21/h5-6,9-10,16,19H,4,7-8,11-15H2,1-3H3. The Kier molecular flexibility index (Phi) is 6.37. The molecule has 3 heteroatoms. The Hall–Kier alpha value is -1.22. The monoisotopic (exact) mass is 289 g/mol. The van der Waals surface area contributed by atoms with Crippen molar-refractivity contribution in [3.05, 3.63) is 24.3 Å². The first-order valence-corrected chi connectivity index (χ1v) is 8.44. The molecule has 3 nitrogen and oxygen atoms in total. The molecule has 0 saturated heterocycles. The number of hydrogen-bond acceptors (Lipinski definition) is 3. The molecule has 1 heterocycles. The topological polar surface area (TPSA) is 18.5 Å². The van der Waals surface area contributed by atoms with E-state index in [0.29, 0.717) is 0 Å². The SMILES string of the molecule is CC(C)CNCCCCCN1CCN(C)c2ccccc21. The lowest BCUT2D eigenvalue weighted by Gasteiger charge is -2.37. The summed E-state index contributed by atoms with van der Waals surface area (Å²) >= 11 is 0. The van der Waals surface area contributed by atoms with Crippen LogP contribution in [-0.2, 0) is 0 Å². The summed E-state index contributed by atoms with van der Waals surface area (Å²) in [5.41, 5.74) is 2.78. The first-order chi connectivity index (χ1) is 10.2. The third kappa shape index (κ3) is 4.92. The summed E-state index contributed by atoms with van der Waals surface area (Å²) in [6, 6.07) is 8.78. The minimum absolute atomic E-state index is 0.756. The van der Waals surface area contributed by atoms with Crippen LogP contribution in [0.1, 0.15) is 33.1 Å². The number of benzene rings is 1. The van der Waals surface area contributed by atoms with E-state index in [9.17, 15) is 0 Å². The fourth-order valence-corrected chi connectivity index (χ4v) is 2.92. The zero-order chi connectivity index (χ0) is 15.1. The highest BCUT2D eigenvalue weighted by atomic mass is 15.2. The van der Waals surface area contributed by atoms with Crippen molar-refractivity contribution in [3.63, 3.8) is 0 Å². The molecular formula is C18H31N3. The molecule has 1 aliphatic rings. The van der Waals surface area contributed by atoms with Crippen LogP contribution in [0.25, 0.3) is 0 Å². The molecule has 1 aromatic carbocycles. The van der Waals surface area contributed by atoms with Crippen molar-refractivity contribution in [2.75, 3.05) is 49.6 Å². The molecule has 1 aliphatic heterocycles. The quantitative estimate of drug-likeness (QED) is 0.740. The second-order valence-electron chi connectivity index (χ2n) is 6.56. The minimum atomic E-state index is 0.756. The fourth-order valence-electron chi connectivity index (χ4n) is 2.92. The summed E-state index contributed by atoms with van der Waals surface area (Å²) in [4.78, 5) is 4.92. The Labute approximate surface area is 130 Å². The van der Waals surface area contributed by atoms with Crippen molar-refractivity contribution in [2.24, 2.45) is 5.92 Å². The van der Waals surface area contributed by atoms with E-state index >= 15 is 0 Å². The first kappa shape index (κ1) is 16.2. The molecule has 2 rings (SSSR count). The van der Waals surface area contributed by atoms with Gasteiger partial charge in [-0.2, -0.15) is 0 Å². The molecule has 0 amide bonds. The maximum absolute atomic E-state index is 3.52. The van der Waals surface area contributed by atoms with Crippen LogP contribution < -0.4 is 15.1 Å². The van der Waals surface area contributed by atoms with Gasteiger partial charge in [0, 0.05) is 26.7 Å². The Balaban J connectivity index is 1.69. The van der Waals surface area contributed by atoms with Crippen molar-refractivity contribution in [3.8, 4) is 0 Å². The number of fused-ring (bicyclic) bond motifs is 1. The molecule has 0 radical (unpaired) electrons. The van der Waals surface area contributed by atoms with Gasteiger partial charge in [0.2, 0.25) is 0 Å². The molecule has 0 atom stereocenters. The van der Waals surface area contributed by atoms with Crippen LogP contribution in [0.4, 0.5) is 11.4 Å². The predicted molar refractivity (Wildman–Crippen MR) is 93.5 cm³/mol. The molecule has 0 unspecified atom stereocenters. The van der Waals surface area contributed by atoms with Gasteiger partial charge in [-0.05, 0) is 44.0 Å². The second-order valence-corrected chi connectivity index (χ2v) is 6.56. The van der Waals surface area contributed by atoms with Gasteiger partial charge in [-0.1, -0.05) is 32.4 Å². The van der Waals surface area contributed by atoms with Crippen molar-refractivity contribution >= 4 is 11.4 Å². The first-order valence-electron chi connectivity index (χ1n) is 8.44. The number of unbranched alkanes of at least 4 members (excludes halogenated alkanes) is 2. The zero-order valence-corrected chi connectivity index (χ0v) is 13.9. The number of nitrogens with zero attached hydrogens (tertiary/aromatic N) is 2. The van der Waals surface area contributed by atoms with Gasteiger partial charge < -0.3 is 15.1 Å². The number of nitrogens with one attached hydrogen (secondary N) is 1. The lowest BCUT2D eigenvalue weighted by molar-refractivity contribution is 0.528. The van der Waals surface area contributed by atoms with Gasteiger partial charge in [-0.3, -0.25) is 0 Å². The van der Waals surface area contributed by atoms with Gasteiger partial charge in [-0.15, -0.1) is 0 Å². The van der Waals surface area contributed by atoms with Crippen LogP contribution in [0, 0.1) is 5.92 Å². The van der Waals surface area contributed by atoms with Crippen molar-refractivity contribution in [1.82, 2.24) is 5.32 Å².